The molecule has 0 unspecified atom stereocenters. The van der Waals surface area contributed by atoms with Crippen LogP contribution >= 0.6 is 0 Å². The van der Waals surface area contributed by atoms with Gasteiger partial charge in [0.1, 0.15) is 5.82 Å². The zero-order chi connectivity index (χ0) is 14.5. The zero-order valence-corrected chi connectivity index (χ0v) is 11.7. The fourth-order valence-corrected chi connectivity index (χ4v) is 2.03. The Bertz CT molecular complexity index is 624. The number of anilines is 2. The van der Waals surface area contributed by atoms with Crippen molar-refractivity contribution < 1.29 is 0 Å². The summed E-state index contributed by atoms with van der Waals surface area (Å²) in [5.74, 6) is 1.08. The Hall–Kier alpha value is -2.61. The molecule has 5 heteroatoms. The highest BCUT2D eigenvalue weighted by atomic mass is 15.2. The fourth-order valence-electron chi connectivity index (χ4n) is 2.03. The van der Waals surface area contributed by atoms with Gasteiger partial charge in [-0.15, -0.1) is 0 Å². The lowest BCUT2D eigenvalue weighted by Gasteiger charge is -2.20. The van der Waals surface area contributed by atoms with Gasteiger partial charge in [-0.25, -0.2) is 4.98 Å². The fraction of sp³-hybridized carbons (Fsp3) is 0.267. The van der Waals surface area contributed by atoms with Crippen LogP contribution in [-0.2, 0) is 0 Å². The molecule has 1 heterocycles. The van der Waals surface area contributed by atoms with Gasteiger partial charge < -0.3 is 10.6 Å². The van der Waals surface area contributed by atoms with Crippen molar-refractivity contribution in [3.63, 3.8) is 0 Å². The number of nitriles is 1. The molecule has 2 rings (SSSR count). The van der Waals surface area contributed by atoms with E-state index >= 15 is 0 Å². The molecule has 0 amide bonds. The molecule has 0 aliphatic heterocycles. The van der Waals surface area contributed by atoms with Gasteiger partial charge in [-0.1, -0.05) is 12.1 Å². The number of aromatic nitrogens is 2. The van der Waals surface area contributed by atoms with Crippen molar-refractivity contribution in [2.24, 2.45) is 0 Å². The summed E-state index contributed by atoms with van der Waals surface area (Å²) in [6.07, 6.45) is 0. The second-order valence-electron chi connectivity index (χ2n) is 4.33. The van der Waals surface area contributed by atoms with Gasteiger partial charge in [-0.05, 0) is 26.0 Å². The van der Waals surface area contributed by atoms with Crippen molar-refractivity contribution in [3.05, 3.63) is 35.9 Å². The summed E-state index contributed by atoms with van der Waals surface area (Å²) in [6, 6.07) is 11.3. The Kier molecular flexibility index (Phi) is 4.16. The summed E-state index contributed by atoms with van der Waals surface area (Å²) in [7, 11) is 0. The van der Waals surface area contributed by atoms with E-state index in [0.29, 0.717) is 5.56 Å². The van der Waals surface area contributed by atoms with Gasteiger partial charge in [-0.3, -0.25) is 0 Å². The first-order valence-corrected chi connectivity index (χ1v) is 6.58. The maximum absolute atomic E-state index is 8.82. The third-order valence-electron chi connectivity index (χ3n) is 3.13. The molecule has 0 bridgehead atoms. The number of nitrogen functional groups attached to an aromatic ring is 1. The molecule has 1 aromatic heterocycles. The summed E-state index contributed by atoms with van der Waals surface area (Å²) in [5, 5.41) is 8.82. The van der Waals surface area contributed by atoms with Gasteiger partial charge >= 0.3 is 0 Å². The van der Waals surface area contributed by atoms with Gasteiger partial charge in [-0.2, -0.15) is 10.2 Å². The van der Waals surface area contributed by atoms with Crippen LogP contribution in [-0.4, -0.2) is 23.1 Å². The molecule has 2 N–H and O–H groups in total. The monoisotopic (exact) mass is 267 g/mol. The van der Waals surface area contributed by atoms with Crippen LogP contribution in [0.3, 0.4) is 0 Å². The first-order chi connectivity index (χ1) is 9.67. The molecule has 0 radical (unpaired) electrons. The molecule has 0 saturated carbocycles. The SMILES string of the molecule is CCN(CC)c1cc(-c2ccc(C#N)cc2)nc(N)n1. The average molecular weight is 267 g/mol. The van der Waals surface area contributed by atoms with Gasteiger partial charge in [0.05, 0.1) is 17.3 Å². The third kappa shape index (κ3) is 2.86. The van der Waals surface area contributed by atoms with Crippen molar-refractivity contribution in [1.82, 2.24) is 9.97 Å². The molecule has 0 aliphatic rings. The van der Waals surface area contributed by atoms with Gasteiger partial charge in [0.25, 0.3) is 0 Å². The highest BCUT2D eigenvalue weighted by molar-refractivity contribution is 5.65. The van der Waals surface area contributed by atoms with Gasteiger partial charge in [0, 0.05) is 24.7 Å². The average Bonchev–Trinajstić information content (AvgIpc) is 2.48. The van der Waals surface area contributed by atoms with E-state index in [9.17, 15) is 0 Å². The summed E-state index contributed by atoms with van der Waals surface area (Å²) in [6.45, 7) is 5.87. The maximum Gasteiger partial charge on any atom is 0.222 e. The molecule has 0 saturated heterocycles. The van der Waals surface area contributed by atoms with E-state index in [1.54, 1.807) is 12.1 Å². The Morgan fingerprint density at radius 3 is 2.35 bits per heavy atom. The van der Waals surface area contributed by atoms with E-state index in [0.717, 1.165) is 30.2 Å². The maximum atomic E-state index is 8.82. The predicted molar refractivity (Wildman–Crippen MR) is 80.2 cm³/mol. The first-order valence-electron chi connectivity index (χ1n) is 6.58. The highest BCUT2D eigenvalue weighted by Crippen LogP contribution is 2.23. The number of rotatable bonds is 4. The Morgan fingerprint density at radius 1 is 1.15 bits per heavy atom. The lowest BCUT2D eigenvalue weighted by Crippen LogP contribution is -2.23. The van der Waals surface area contributed by atoms with E-state index < -0.39 is 0 Å². The summed E-state index contributed by atoms with van der Waals surface area (Å²) in [5.41, 5.74) is 8.11. The second kappa shape index (κ2) is 6.02. The molecule has 5 nitrogen and oxygen atoms in total. The minimum atomic E-state index is 0.258. The van der Waals surface area contributed by atoms with E-state index in [1.807, 2.05) is 18.2 Å². The van der Waals surface area contributed by atoms with Crippen LogP contribution in [0.4, 0.5) is 11.8 Å². The summed E-state index contributed by atoms with van der Waals surface area (Å²) < 4.78 is 0. The molecule has 102 valence electrons. The standard InChI is InChI=1S/C15H17N5/c1-3-20(4-2)14-9-13(18-15(17)19-14)12-7-5-11(10-16)6-8-12/h5-9H,3-4H2,1-2H3,(H2,17,18,19). The normalized spacial score (nSPS) is 10.1. The third-order valence-corrected chi connectivity index (χ3v) is 3.13. The molecule has 0 aliphatic carbocycles. The molecule has 1 aromatic carbocycles. The summed E-state index contributed by atoms with van der Waals surface area (Å²) >= 11 is 0. The van der Waals surface area contributed by atoms with Crippen LogP contribution < -0.4 is 10.6 Å². The second-order valence-corrected chi connectivity index (χ2v) is 4.33. The van der Waals surface area contributed by atoms with Gasteiger partial charge in [0.2, 0.25) is 5.95 Å². The van der Waals surface area contributed by atoms with Crippen molar-refractivity contribution in [2.45, 2.75) is 13.8 Å². The number of nitrogens with zero attached hydrogens (tertiary/aromatic N) is 4. The molecular formula is C15H17N5. The van der Waals surface area contributed by atoms with Crippen molar-refractivity contribution in [1.29, 1.82) is 5.26 Å². The molecule has 20 heavy (non-hydrogen) atoms. The van der Waals surface area contributed by atoms with Crippen LogP contribution in [0.25, 0.3) is 11.3 Å². The number of hydrogen-bond donors (Lipinski definition) is 1. The van der Waals surface area contributed by atoms with E-state index in [2.05, 4.69) is 34.8 Å². The lowest BCUT2D eigenvalue weighted by atomic mass is 10.1. The number of nitrogens with two attached hydrogens (primary N) is 1. The molecular weight excluding hydrogens is 250 g/mol. The van der Waals surface area contributed by atoms with Crippen LogP contribution in [0.5, 0.6) is 0 Å². The molecule has 2 aromatic rings. The Labute approximate surface area is 118 Å². The number of hydrogen-bond acceptors (Lipinski definition) is 5. The highest BCUT2D eigenvalue weighted by Gasteiger charge is 2.09. The van der Waals surface area contributed by atoms with Crippen molar-refractivity contribution in [2.75, 3.05) is 23.7 Å². The topological polar surface area (TPSA) is 78.8 Å². The quantitative estimate of drug-likeness (QED) is 0.920. The van der Waals surface area contributed by atoms with E-state index in [1.165, 1.54) is 0 Å². The minimum absolute atomic E-state index is 0.258. The van der Waals surface area contributed by atoms with E-state index in [-0.39, 0.29) is 5.95 Å². The molecule has 0 fully saturated rings. The smallest absolute Gasteiger partial charge is 0.222 e. The largest absolute Gasteiger partial charge is 0.368 e. The van der Waals surface area contributed by atoms with Gasteiger partial charge in [0.15, 0.2) is 0 Å². The predicted octanol–water partition coefficient (Wildman–Crippen LogP) is 2.44. The van der Waals surface area contributed by atoms with Crippen LogP contribution in [0.15, 0.2) is 30.3 Å². The molecule has 0 spiro atoms. The lowest BCUT2D eigenvalue weighted by molar-refractivity contribution is 0.844. The minimum Gasteiger partial charge on any atom is -0.368 e. The van der Waals surface area contributed by atoms with Crippen LogP contribution in [0.1, 0.15) is 19.4 Å². The van der Waals surface area contributed by atoms with Crippen molar-refractivity contribution >= 4 is 11.8 Å². The first kappa shape index (κ1) is 13.8. The Morgan fingerprint density at radius 2 is 1.80 bits per heavy atom. The molecule has 0 atom stereocenters. The van der Waals surface area contributed by atoms with Crippen LogP contribution in [0, 0.1) is 11.3 Å². The van der Waals surface area contributed by atoms with Crippen molar-refractivity contribution in [3.8, 4) is 17.3 Å². The Balaban J connectivity index is 2.43. The summed E-state index contributed by atoms with van der Waals surface area (Å²) in [4.78, 5) is 10.7. The zero-order valence-electron chi connectivity index (χ0n) is 11.7. The van der Waals surface area contributed by atoms with Crippen LogP contribution in [0.2, 0.25) is 0 Å². The van der Waals surface area contributed by atoms with E-state index in [4.69, 9.17) is 11.0 Å². The number of benzene rings is 1.